The van der Waals surface area contributed by atoms with Crippen molar-refractivity contribution < 1.29 is 17.7 Å². The normalized spacial score (nSPS) is 11.6. The highest BCUT2D eigenvalue weighted by Crippen LogP contribution is 2.40. The van der Waals surface area contributed by atoms with E-state index in [1.807, 2.05) is 73.3 Å². The number of aromatic nitrogens is 4. The molecule has 0 aliphatic carbocycles. The number of pyridine rings is 4. The van der Waals surface area contributed by atoms with Crippen LogP contribution < -0.4 is 0 Å². The molecule has 8 heterocycles. The number of rotatable bonds is 8. The van der Waals surface area contributed by atoms with Gasteiger partial charge in [-0.05, 0) is 117 Å². The molecule has 0 unspecified atom stereocenters. The second-order valence-electron chi connectivity index (χ2n) is 23.7. The molecule has 0 radical (unpaired) electrons. The van der Waals surface area contributed by atoms with E-state index in [9.17, 15) is 0 Å². The minimum absolute atomic E-state index is 0.507. The van der Waals surface area contributed by atoms with E-state index >= 15 is 0 Å². The van der Waals surface area contributed by atoms with Crippen molar-refractivity contribution in [3.05, 3.63) is 266 Å². The summed E-state index contributed by atoms with van der Waals surface area (Å²) in [6.45, 7) is 17.7. The molecule has 0 aliphatic rings. The van der Waals surface area contributed by atoms with Gasteiger partial charge in [-0.3, -0.25) is 19.9 Å². The maximum absolute atomic E-state index is 6.10. The van der Waals surface area contributed by atoms with Crippen LogP contribution in [0.3, 0.4) is 0 Å². The van der Waals surface area contributed by atoms with Gasteiger partial charge in [-0.2, -0.15) is 0 Å². The molecule has 8 aromatic heterocycles. The highest BCUT2D eigenvalue weighted by Gasteiger charge is 2.18. The van der Waals surface area contributed by atoms with Crippen molar-refractivity contribution in [3.63, 3.8) is 0 Å². The monoisotopic (exact) mass is 1150 g/mol. The lowest BCUT2D eigenvalue weighted by molar-refractivity contribution is 0.667. The third-order valence-electron chi connectivity index (χ3n) is 16.6. The molecule has 0 amide bonds. The molecule has 0 N–H and O–H groups in total. The minimum atomic E-state index is 0.507. The van der Waals surface area contributed by atoms with Gasteiger partial charge < -0.3 is 17.7 Å². The SMILES string of the molecule is CC(C)c1cccc(-c2cccc3c2oc2cccnc23)c1.CC(C)c1cccc(-c2cccc3c2oc2ccncc23)c1.CC(C)c1cccc(-c2cccc3c2oc2cnccc23)c1.CC(C)c1cccc(-c2ccnc3c2oc2ccccc23)c1. The van der Waals surface area contributed by atoms with E-state index in [0.717, 1.165) is 110 Å². The summed E-state index contributed by atoms with van der Waals surface area (Å²) in [5, 5.41) is 6.59. The van der Waals surface area contributed by atoms with Gasteiger partial charge in [0, 0.05) is 85.6 Å². The van der Waals surface area contributed by atoms with Crippen LogP contribution in [0.1, 0.15) is 101 Å². The van der Waals surface area contributed by atoms with Crippen LogP contribution in [0.15, 0.2) is 261 Å². The van der Waals surface area contributed by atoms with E-state index < -0.39 is 0 Å². The van der Waals surface area contributed by atoms with Crippen molar-refractivity contribution >= 4 is 88.0 Å². The van der Waals surface area contributed by atoms with E-state index in [2.05, 4.69) is 233 Å². The van der Waals surface area contributed by atoms with Crippen molar-refractivity contribution in [2.45, 2.75) is 79.1 Å². The molecule has 0 spiro atoms. The Kier molecular flexibility index (Phi) is 15.8. The van der Waals surface area contributed by atoms with Gasteiger partial charge in [-0.25, -0.2) is 0 Å². The molecule has 0 saturated carbocycles. The molecule has 8 heteroatoms. The molecular weight excluding hydrogens is 1080 g/mol. The number of hydrogen-bond donors (Lipinski definition) is 0. The first-order valence-electron chi connectivity index (χ1n) is 30.4. The summed E-state index contributed by atoms with van der Waals surface area (Å²) in [5.41, 5.74) is 23.6. The Balaban J connectivity index is 0.000000108. The van der Waals surface area contributed by atoms with Gasteiger partial charge in [-0.1, -0.05) is 213 Å². The fraction of sp³-hybridized carbons (Fsp3) is 0.150. The van der Waals surface area contributed by atoms with Gasteiger partial charge in [0.2, 0.25) is 0 Å². The number of nitrogens with zero attached hydrogens (tertiary/aromatic N) is 4. The smallest absolute Gasteiger partial charge is 0.161 e. The van der Waals surface area contributed by atoms with E-state index in [0.29, 0.717) is 23.7 Å². The third-order valence-corrected chi connectivity index (χ3v) is 16.6. The second kappa shape index (κ2) is 24.5. The highest BCUT2D eigenvalue weighted by molar-refractivity contribution is 6.11. The zero-order valence-corrected chi connectivity index (χ0v) is 50.8. The van der Waals surface area contributed by atoms with E-state index in [4.69, 9.17) is 17.7 Å². The molecule has 0 saturated heterocycles. The first-order valence-corrected chi connectivity index (χ1v) is 30.4. The van der Waals surface area contributed by atoms with Gasteiger partial charge in [0.15, 0.2) is 16.7 Å². The zero-order chi connectivity index (χ0) is 60.4. The van der Waals surface area contributed by atoms with Crippen LogP contribution in [0.2, 0.25) is 0 Å². The summed E-state index contributed by atoms with van der Waals surface area (Å²) in [6, 6.07) is 71.5. The quantitative estimate of drug-likeness (QED) is 0.148. The van der Waals surface area contributed by atoms with Gasteiger partial charge in [0.25, 0.3) is 0 Å². The number of fused-ring (bicyclic) bond motifs is 12. The number of furan rings is 4. The Bertz CT molecular complexity index is 4510. The van der Waals surface area contributed by atoms with Crippen LogP contribution in [0.5, 0.6) is 0 Å². The summed E-state index contributed by atoms with van der Waals surface area (Å²) in [4.78, 5) is 17.3. The largest absolute Gasteiger partial charge is 0.455 e. The average Bonchev–Trinajstić information content (AvgIpc) is 4.10. The van der Waals surface area contributed by atoms with E-state index in [-0.39, 0.29) is 0 Å². The maximum atomic E-state index is 6.10. The maximum Gasteiger partial charge on any atom is 0.161 e. The number of para-hydroxylation sites is 4. The van der Waals surface area contributed by atoms with E-state index in [1.165, 1.54) is 44.5 Å². The van der Waals surface area contributed by atoms with E-state index in [1.54, 1.807) is 12.4 Å². The Morgan fingerprint density at radius 3 is 1.24 bits per heavy atom. The molecule has 8 aromatic carbocycles. The molecule has 16 rings (SSSR count). The van der Waals surface area contributed by atoms with Crippen LogP contribution in [-0.2, 0) is 0 Å². The molecule has 432 valence electrons. The summed E-state index contributed by atoms with van der Waals surface area (Å²) < 4.78 is 24.3. The minimum Gasteiger partial charge on any atom is -0.455 e. The predicted molar refractivity (Wildman–Crippen MR) is 364 cm³/mol. The second-order valence-corrected chi connectivity index (χ2v) is 23.7. The fourth-order valence-corrected chi connectivity index (χ4v) is 11.7. The lowest BCUT2D eigenvalue weighted by Gasteiger charge is -2.08. The highest BCUT2D eigenvalue weighted by atomic mass is 16.3. The zero-order valence-electron chi connectivity index (χ0n) is 50.8. The number of hydrogen-bond acceptors (Lipinski definition) is 8. The summed E-state index contributed by atoms with van der Waals surface area (Å²) in [5.74, 6) is 2.04. The molecule has 16 aromatic rings. The van der Waals surface area contributed by atoms with Gasteiger partial charge in [-0.15, -0.1) is 0 Å². The van der Waals surface area contributed by atoms with Crippen LogP contribution in [0.4, 0.5) is 0 Å². The van der Waals surface area contributed by atoms with Crippen LogP contribution in [0.25, 0.3) is 133 Å². The van der Waals surface area contributed by atoms with Crippen molar-refractivity contribution in [2.24, 2.45) is 0 Å². The van der Waals surface area contributed by atoms with Gasteiger partial charge in [0.05, 0.1) is 6.20 Å². The molecular formula is C80H68N4O4. The van der Waals surface area contributed by atoms with Gasteiger partial charge in [0.1, 0.15) is 38.9 Å². The standard InChI is InChI=1S/4C20H17NO/c1-13(2)14-6-3-7-15(12-14)16-8-4-9-17-19-18(22-20(16)17)10-5-11-21-19;1-13(2)14-5-3-6-15(11-14)16-7-4-8-18-17-9-10-21-12-19(17)22-20(16)18;1-13(2)14-5-3-6-15(11-14)16-7-4-8-17-18-12-21-10-9-19(18)22-20(16)17;1-13(2)14-6-5-7-15(12-14)16-10-11-21-19-17-8-3-4-9-18(17)22-20(16)19/h4*3-13H,1-2H3. The van der Waals surface area contributed by atoms with Crippen molar-refractivity contribution in [1.82, 2.24) is 19.9 Å². The summed E-state index contributed by atoms with van der Waals surface area (Å²) >= 11 is 0. The average molecular weight is 1150 g/mol. The van der Waals surface area contributed by atoms with Crippen LogP contribution in [-0.4, -0.2) is 19.9 Å². The molecule has 0 bridgehead atoms. The topological polar surface area (TPSA) is 104 Å². The molecule has 88 heavy (non-hydrogen) atoms. The Morgan fingerprint density at radius 1 is 0.261 bits per heavy atom. The van der Waals surface area contributed by atoms with Crippen molar-refractivity contribution in [1.29, 1.82) is 0 Å². The van der Waals surface area contributed by atoms with Crippen molar-refractivity contribution in [2.75, 3.05) is 0 Å². The Hall–Kier alpha value is -10.4. The summed E-state index contributed by atoms with van der Waals surface area (Å²) in [6.07, 6.45) is 10.9. The third kappa shape index (κ3) is 11.2. The predicted octanol–water partition coefficient (Wildman–Crippen LogP) is 23.1. The Morgan fingerprint density at radius 2 is 0.670 bits per heavy atom. The van der Waals surface area contributed by atoms with Crippen molar-refractivity contribution in [3.8, 4) is 44.5 Å². The van der Waals surface area contributed by atoms with Crippen LogP contribution in [0, 0.1) is 0 Å². The summed E-state index contributed by atoms with van der Waals surface area (Å²) in [7, 11) is 0. The first-order chi connectivity index (χ1) is 42.9. The lowest BCUT2D eigenvalue weighted by atomic mass is 9.96. The molecule has 0 atom stereocenters. The van der Waals surface area contributed by atoms with Crippen LogP contribution >= 0.6 is 0 Å². The molecule has 8 nitrogen and oxygen atoms in total. The first kappa shape index (κ1) is 56.7. The molecule has 0 aliphatic heterocycles. The van der Waals surface area contributed by atoms with Gasteiger partial charge >= 0.3 is 0 Å². The number of benzene rings is 8. The lowest BCUT2D eigenvalue weighted by Crippen LogP contribution is -1.88. The Labute approximate surface area is 512 Å². The fourth-order valence-electron chi connectivity index (χ4n) is 11.7. The molecule has 0 fully saturated rings.